The fourth-order valence-corrected chi connectivity index (χ4v) is 3.97. The van der Waals surface area contributed by atoms with Crippen LogP contribution < -0.4 is 5.32 Å². The van der Waals surface area contributed by atoms with Crippen molar-refractivity contribution in [1.82, 2.24) is 10.2 Å². The quantitative estimate of drug-likeness (QED) is 0.909. The Hall–Kier alpha value is -0.860. The largest absolute Gasteiger partial charge is 0.314 e. The van der Waals surface area contributed by atoms with Crippen LogP contribution in [-0.4, -0.2) is 37.6 Å². The molecule has 110 valence electrons. The Labute approximate surface area is 123 Å². The Morgan fingerprint density at radius 2 is 1.65 bits per heavy atom. The molecule has 2 heteroatoms. The molecule has 1 heterocycles. The van der Waals surface area contributed by atoms with E-state index in [9.17, 15) is 0 Å². The van der Waals surface area contributed by atoms with Gasteiger partial charge in [-0.05, 0) is 25.3 Å². The first-order valence-corrected chi connectivity index (χ1v) is 8.29. The molecule has 2 fully saturated rings. The fourth-order valence-electron chi connectivity index (χ4n) is 3.97. The highest BCUT2D eigenvalue weighted by Crippen LogP contribution is 2.40. The Kier molecular flexibility index (Phi) is 4.42. The first kappa shape index (κ1) is 14.1. The molecule has 1 aromatic rings. The van der Waals surface area contributed by atoms with Gasteiger partial charge in [0.05, 0.1) is 0 Å². The molecule has 0 amide bonds. The SMILES string of the molecule is Cc1ccc(C2(CN3CCNCC3)CCCCC2)cc1. The van der Waals surface area contributed by atoms with E-state index in [1.807, 2.05) is 0 Å². The Morgan fingerprint density at radius 1 is 1.00 bits per heavy atom. The minimum Gasteiger partial charge on any atom is -0.314 e. The van der Waals surface area contributed by atoms with Crippen LogP contribution in [0.1, 0.15) is 43.2 Å². The monoisotopic (exact) mass is 272 g/mol. The van der Waals surface area contributed by atoms with Gasteiger partial charge in [-0.15, -0.1) is 0 Å². The molecule has 1 saturated heterocycles. The van der Waals surface area contributed by atoms with Crippen molar-refractivity contribution >= 4 is 0 Å². The molecule has 3 rings (SSSR count). The van der Waals surface area contributed by atoms with Crippen LogP contribution in [-0.2, 0) is 5.41 Å². The van der Waals surface area contributed by atoms with Crippen LogP contribution in [0.2, 0.25) is 0 Å². The number of nitrogens with one attached hydrogen (secondary N) is 1. The molecular formula is C18H28N2. The fraction of sp³-hybridized carbons (Fsp3) is 0.667. The number of benzene rings is 1. The third kappa shape index (κ3) is 3.07. The molecule has 1 N–H and O–H groups in total. The highest BCUT2D eigenvalue weighted by molar-refractivity contribution is 5.30. The van der Waals surface area contributed by atoms with E-state index in [0.717, 1.165) is 13.1 Å². The summed E-state index contributed by atoms with van der Waals surface area (Å²) in [5, 5.41) is 3.47. The molecule has 20 heavy (non-hydrogen) atoms. The summed E-state index contributed by atoms with van der Waals surface area (Å²) in [7, 11) is 0. The molecule has 1 aromatic carbocycles. The van der Waals surface area contributed by atoms with E-state index in [1.165, 1.54) is 57.3 Å². The van der Waals surface area contributed by atoms with Crippen LogP contribution in [0.5, 0.6) is 0 Å². The minimum atomic E-state index is 0.420. The van der Waals surface area contributed by atoms with E-state index < -0.39 is 0 Å². The molecule has 2 nitrogen and oxygen atoms in total. The van der Waals surface area contributed by atoms with Gasteiger partial charge in [0, 0.05) is 38.1 Å². The number of piperazine rings is 1. The molecule has 0 bridgehead atoms. The van der Waals surface area contributed by atoms with E-state index in [2.05, 4.69) is 41.4 Å². The zero-order valence-corrected chi connectivity index (χ0v) is 12.8. The molecule has 0 radical (unpaired) electrons. The summed E-state index contributed by atoms with van der Waals surface area (Å²) < 4.78 is 0. The van der Waals surface area contributed by atoms with Gasteiger partial charge < -0.3 is 5.32 Å². The van der Waals surface area contributed by atoms with Crippen molar-refractivity contribution in [2.24, 2.45) is 0 Å². The van der Waals surface area contributed by atoms with Gasteiger partial charge in [0.2, 0.25) is 0 Å². The smallest absolute Gasteiger partial charge is 0.0108 e. The molecule has 0 atom stereocenters. The summed E-state index contributed by atoms with van der Waals surface area (Å²) in [5.41, 5.74) is 3.38. The van der Waals surface area contributed by atoms with E-state index in [4.69, 9.17) is 0 Å². The topological polar surface area (TPSA) is 15.3 Å². The van der Waals surface area contributed by atoms with Crippen molar-refractivity contribution in [2.45, 2.75) is 44.4 Å². The summed E-state index contributed by atoms with van der Waals surface area (Å²) in [4.78, 5) is 2.68. The minimum absolute atomic E-state index is 0.420. The van der Waals surface area contributed by atoms with Crippen molar-refractivity contribution in [3.05, 3.63) is 35.4 Å². The van der Waals surface area contributed by atoms with Crippen molar-refractivity contribution in [3.8, 4) is 0 Å². The summed E-state index contributed by atoms with van der Waals surface area (Å²) in [6.07, 6.45) is 6.98. The second-order valence-corrected chi connectivity index (χ2v) is 6.73. The van der Waals surface area contributed by atoms with Crippen LogP contribution in [0, 0.1) is 6.92 Å². The van der Waals surface area contributed by atoms with Gasteiger partial charge in [-0.1, -0.05) is 49.1 Å². The van der Waals surface area contributed by atoms with Crippen LogP contribution in [0.25, 0.3) is 0 Å². The summed E-state index contributed by atoms with van der Waals surface area (Å²) >= 11 is 0. The highest BCUT2D eigenvalue weighted by atomic mass is 15.2. The van der Waals surface area contributed by atoms with Crippen molar-refractivity contribution in [1.29, 1.82) is 0 Å². The first-order valence-electron chi connectivity index (χ1n) is 8.29. The maximum Gasteiger partial charge on any atom is 0.0108 e. The highest BCUT2D eigenvalue weighted by Gasteiger charge is 2.35. The molecule has 0 unspecified atom stereocenters. The zero-order valence-electron chi connectivity index (χ0n) is 12.8. The van der Waals surface area contributed by atoms with Crippen LogP contribution in [0.4, 0.5) is 0 Å². The van der Waals surface area contributed by atoms with Crippen LogP contribution in [0.15, 0.2) is 24.3 Å². The van der Waals surface area contributed by atoms with E-state index in [1.54, 1.807) is 5.56 Å². The molecule has 1 aliphatic heterocycles. The van der Waals surface area contributed by atoms with E-state index >= 15 is 0 Å². The number of hydrogen-bond acceptors (Lipinski definition) is 2. The Balaban J connectivity index is 1.81. The third-order valence-corrected chi connectivity index (χ3v) is 5.21. The number of nitrogens with zero attached hydrogens (tertiary/aromatic N) is 1. The summed E-state index contributed by atoms with van der Waals surface area (Å²) in [5.74, 6) is 0. The predicted octanol–water partition coefficient (Wildman–Crippen LogP) is 3.10. The maximum atomic E-state index is 3.47. The Morgan fingerprint density at radius 3 is 2.30 bits per heavy atom. The second kappa shape index (κ2) is 6.28. The number of aryl methyl sites for hydroxylation is 1. The summed E-state index contributed by atoms with van der Waals surface area (Å²) in [6.45, 7) is 8.19. The third-order valence-electron chi connectivity index (χ3n) is 5.21. The molecular weight excluding hydrogens is 244 g/mol. The van der Waals surface area contributed by atoms with Gasteiger partial charge in [0.1, 0.15) is 0 Å². The van der Waals surface area contributed by atoms with Gasteiger partial charge in [-0.25, -0.2) is 0 Å². The van der Waals surface area contributed by atoms with Gasteiger partial charge >= 0.3 is 0 Å². The van der Waals surface area contributed by atoms with Crippen molar-refractivity contribution in [2.75, 3.05) is 32.7 Å². The molecule has 1 saturated carbocycles. The zero-order chi connectivity index (χ0) is 13.8. The predicted molar refractivity (Wildman–Crippen MR) is 85.3 cm³/mol. The molecule has 0 spiro atoms. The van der Waals surface area contributed by atoms with Crippen LogP contribution >= 0.6 is 0 Å². The maximum absolute atomic E-state index is 3.47. The summed E-state index contributed by atoms with van der Waals surface area (Å²) in [6, 6.07) is 9.37. The van der Waals surface area contributed by atoms with Crippen molar-refractivity contribution in [3.63, 3.8) is 0 Å². The molecule has 0 aromatic heterocycles. The lowest BCUT2D eigenvalue weighted by atomic mass is 9.69. The average Bonchev–Trinajstić information content (AvgIpc) is 2.50. The van der Waals surface area contributed by atoms with E-state index in [0.29, 0.717) is 5.41 Å². The Bertz CT molecular complexity index is 412. The van der Waals surface area contributed by atoms with Crippen molar-refractivity contribution < 1.29 is 0 Å². The lowest BCUT2D eigenvalue weighted by molar-refractivity contribution is 0.154. The average molecular weight is 272 g/mol. The number of hydrogen-bond donors (Lipinski definition) is 1. The van der Waals surface area contributed by atoms with Crippen LogP contribution in [0.3, 0.4) is 0 Å². The standard InChI is InChI=1S/C18H28N2/c1-16-5-7-17(8-6-16)18(9-3-2-4-10-18)15-20-13-11-19-12-14-20/h5-8,19H,2-4,9-15H2,1H3. The molecule has 1 aliphatic carbocycles. The first-order chi connectivity index (χ1) is 9.78. The van der Waals surface area contributed by atoms with Gasteiger partial charge in [-0.2, -0.15) is 0 Å². The van der Waals surface area contributed by atoms with Gasteiger partial charge in [0.15, 0.2) is 0 Å². The normalized spacial score (nSPS) is 23.6. The van der Waals surface area contributed by atoms with Gasteiger partial charge in [0.25, 0.3) is 0 Å². The molecule has 2 aliphatic rings. The van der Waals surface area contributed by atoms with E-state index in [-0.39, 0.29) is 0 Å². The second-order valence-electron chi connectivity index (χ2n) is 6.73. The number of rotatable bonds is 3. The van der Waals surface area contributed by atoms with Gasteiger partial charge in [-0.3, -0.25) is 4.90 Å². The lowest BCUT2D eigenvalue weighted by Gasteiger charge is -2.43. The lowest BCUT2D eigenvalue weighted by Crippen LogP contribution is -2.50.